The average molecular weight is 726 g/mol. The summed E-state index contributed by atoms with van der Waals surface area (Å²) in [6, 6.07) is 0. The summed E-state index contributed by atoms with van der Waals surface area (Å²) in [6.45, 7) is 8.88. The molecule has 48 heavy (non-hydrogen) atoms. The van der Waals surface area contributed by atoms with Gasteiger partial charge in [0.15, 0.2) is 24.7 Å². The van der Waals surface area contributed by atoms with Crippen LogP contribution in [-0.4, -0.2) is 89.7 Å². The SMILES string of the molecule is C=C1C2CCC3C4(C)CC(O[C@@H]5O[C@@H](CO)[C@@H](OS(=O)(=O)O)[C@@H](OSOO[O-])C5OC(=O)CC(C)C)CC(C(=O)O)C4CCC3(C2)[C@H]1O. The number of aliphatic hydroxyl groups is 2. The number of fused-ring (bicyclic) bond motifs is 3. The molecule has 274 valence electrons. The number of carbonyl (C=O) groups is 2. The molecule has 5 rings (SSSR count). The molecule has 8 unspecified atom stereocenters. The Morgan fingerprint density at radius 1 is 1.17 bits per heavy atom. The molecule has 1 saturated heterocycles. The number of rotatable bonds is 13. The summed E-state index contributed by atoms with van der Waals surface area (Å²) < 4.78 is 65.6. The van der Waals surface area contributed by atoms with Crippen LogP contribution in [0.25, 0.3) is 0 Å². The zero-order valence-electron chi connectivity index (χ0n) is 27.0. The lowest BCUT2D eigenvalue weighted by atomic mass is 9.43. The fourth-order valence-corrected chi connectivity index (χ4v) is 10.6. The van der Waals surface area contributed by atoms with Crippen molar-refractivity contribution in [2.75, 3.05) is 6.61 Å². The highest BCUT2D eigenvalue weighted by molar-refractivity contribution is 7.89. The van der Waals surface area contributed by atoms with Gasteiger partial charge in [-0.3, -0.25) is 23.4 Å². The maximum absolute atomic E-state index is 13.0. The summed E-state index contributed by atoms with van der Waals surface area (Å²) in [4.78, 5) is 25.8. The molecule has 4 saturated carbocycles. The number of carbonyl (C=O) groups excluding carboxylic acids is 1. The van der Waals surface area contributed by atoms with Gasteiger partial charge in [-0.2, -0.15) is 8.42 Å². The van der Waals surface area contributed by atoms with Crippen LogP contribution in [0.3, 0.4) is 0 Å². The first kappa shape index (κ1) is 37.8. The Bertz CT molecular complexity index is 1310. The van der Waals surface area contributed by atoms with E-state index < -0.39 is 88.6 Å². The largest absolute Gasteiger partial charge is 0.691 e. The first-order valence-corrected chi connectivity index (χ1v) is 18.2. The van der Waals surface area contributed by atoms with E-state index in [4.69, 9.17) is 22.6 Å². The topological polar surface area (TPSA) is 237 Å². The molecule has 0 radical (unpaired) electrons. The Morgan fingerprint density at radius 2 is 1.90 bits per heavy atom. The standard InChI is InChI=1S/C30H46O16S2/c1-14(2)9-22(32)42-25-24(43-47-46-45-36)23(44-48(37,38)39)20(13-31)41-28(25)40-17-10-18(27(34)35)19-7-8-30-11-16(15(3)26(30)33)5-6-21(30)29(19,4)12-17/h14,16-21,23-26,28,31,33,36H,3,5-13H2,1-2,4H3,(H,34,35)(H,37,38,39)/p-1/t16?,17?,18?,19?,20-,21?,23+,24+,25?,26-,28+,29?,30?/m0/s1. The smallest absolute Gasteiger partial charge is 0.397 e. The summed E-state index contributed by atoms with van der Waals surface area (Å²) in [5, 5.41) is 45.9. The second-order valence-corrected chi connectivity index (χ2v) is 16.1. The van der Waals surface area contributed by atoms with E-state index >= 15 is 0 Å². The van der Waals surface area contributed by atoms with Gasteiger partial charge >= 0.3 is 22.3 Å². The van der Waals surface area contributed by atoms with Crippen molar-refractivity contribution in [2.45, 2.75) is 115 Å². The normalized spacial score (nSPS) is 42.7. The second-order valence-electron chi connectivity index (χ2n) is 14.6. The summed E-state index contributed by atoms with van der Waals surface area (Å²) in [6.07, 6.45) is -5.69. The van der Waals surface area contributed by atoms with E-state index in [1.54, 1.807) is 13.8 Å². The number of carboxylic acids is 1. The molecule has 0 aromatic heterocycles. The van der Waals surface area contributed by atoms with Crippen molar-refractivity contribution in [1.82, 2.24) is 0 Å². The summed E-state index contributed by atoms with van der Waals surface area (Å²) >= 11 is -0.0516. The molecule has 1 heterocycles. The molecular weight excluding hydrogens is 680 g/mol. The lowest BCUT2D eigenvalue weighted by Crippen LogP contribution is -2.63. The van der Waals surface area contributed by atoms with Crippen LogP contribution in [0.4, 0.5) is 0 Å². The lowest BCUT2D eigenvalue weighted by Gasteiger charge is -2.62. The fourth-order valence-electron chi connectivity index (χ4n) is 9.76. The molecule has 1 spiro atoms. The highest BCUT2D eigenvalue weighted by Gasteiger charge is 2.67. The molecule has 0 amide bonds. The Labute approximate surface area is 283 Å². The van der Waals surface area contributed by atoms with Crippen molar-refractivity contribution >= 4 is 34.7 Å². The van der Waals surface area contributed by atoms with Gasteiger partial charge in [-0.05, 0) is 79.6 Å². The third-order valence-corrected chi connectivity index (χ3v) is 12.4. The van der Waals surface area contributed by atoms with Crippen molar-refractivity contribution in [3.05, 3.63) is 12.2 Å². The second kappa shape index (κ2) is 14.7. The van der Waals surface area contributed by atoms with Crippen LogP contribution in [0.1, 0.15) is 72.1 Å². The van der Waals surface area contributed by atoms with Crippen molar-refractivity contribution in [3.63, 3.8) is 0 Å². The number of hydrogen-bond donors (Lipinski definition) is 4. The molecule has 1 aliphatic heterocycles. The van der Waals surface area contributed by atoms with Gasteiger partial charge in [0.1, 0.15) is 18.3 Å². The zero-order chi connectivity index (χ0) is 35.2. The van der Waals surface area contributed by atoms with Gasteiger partial charge in [-0.1, -0.05) is 27.4 Å². The first-order valence-electron chi connectivity index (χ1n) is 16.2. The van der Waals surface area contributed by atoms with Crippen LogP contribution >= 0.6 is 12.3 Å². The third kappa shape index (κ3) is 7.32. The van der Waals surface area contributed by atoms with Crippen LogP contribution in [0, 0.1) is 40.4 Å². The predicted octanol–water partition coefficient (Wildman–Crippen LogP) is 1.65. The van der Waals surface area contributed by atoms with Gasteiger partial charge in [0.25, 0.3) is 0 Å². The van der Waals surface area contributed by atoms with E-state index in [-0.39, 0.29) is 48.8 Å². The number of esters is 1. The van der Waals surface area contributed by atoms with Gasteiger partial charge < -0.3 is 34.8 Å². The summed E-state index contributed by atoms with van der Waals surface area (Å²) in [7, 11) is -5.20. The Kier molecular flexibility index (Phi) is 11.6. The quantitative estimate of drug-likeness (QED) is 0.0309. The molecule has 0 aromatic rings. The minimum atomic E-state index is -5.20. The van der Waals surface area contributed by atoms with E-state index in [0.717, 1.165) is 24.8 Å². The monoisotopic (exact) mass is 725 g/mol. The average Bonchev–Trinajstić information content (AvgIpc) is 3.16. The van der Waals surface area contributed by atoms with Crippen molar-refractivity contribution in [3.8, 4) is 0 Å². The van der Waals surface area contributed by atoms with Crippen LogP contribution in [-0.2, 0) is 51.9 Å². The van der Waals surface area contributed by atoms with Crippen molar-refractivity contribution in [1.29, 1.82) is 0 Å². The maximum atomic E-state index is 13.0. The summed E-state index contributed by atoms with van der Waals surface area (Å²) in [5.74, 6) is -2.74. The van der Waals surface area contributed by atoms with E-state index in [0.29, 0.717) is 19.3 Å². The predicted molar refractivity (Wildman–Crippen MR) is 161 cm³/mol. The summed E-state index contributed by atoms with van der Waals surface area (Å²) in [5.41, 5.74) is -0.169. The minimum absolute atomic E-state index is 0.0242. The number of aliphatic hydroxyl groups excluding tert-OH is 2. The highest BCUT2D eigenvalue weighted by Crippen LogP contribution is 2.70. The van der Waals surface area contributed by atoms with Crippen LogP contribution in [0.15, 0.2) is 12.2 Å². The van der Waals surface area contributed by atoms with Gasteiger partial charge in [0.2, 0.25) is 0 Å². The number of carboxylic acid groups (broad SMARTS) is 1. The van der Waals surface area contributed by atoms with Gasteiger partial charge in [0, 0.05) is 11.8 Å². The Hall–Kier alpha value is -1.42. The lowest BCUT2D eigenvalue weighted by molar-refractivity contribution is -0.777. The number of aliphatic carboxylic acids is 1. The van der Waals surface area contributed by atoms with Gasteiger partial charge in [-0.25, -0.2) is 4.18 Å². The zero-order valence-corrected chi connectivity index (χ0v) is 28.6. The molecule has 5 aliphatic rings. The number of ether oxygens (including phenoxy) is 3. The molecule has 2 bridgehead atoms. The van der Waals surface area contributed by atoms with Crippen LogP contribution in [0.2, 0.25) is 0 Å². The Balaban J connectivity index is 1.48. The molecule has 4 aliphatic carbocycles. The van der Waals surface area contributed by atoms with E-state index in [1.165, 1.54) is 0 Å². The number of hydrogen-bond acceptors (Lipinski definition) is 15. The minimum Gasteiger partial charge on any atom is -0.691 e. The molecule has 18 heteroatoms. The van der Waals surface area contributed by atoms with Crippen LogP contribution in [0.5, 0.6) is 0 Å². The van der Waals surface area contributed by atoms with E-state index in [9.17, 15) is 43.1 Å². The van der Waals surface area contributed by atoms with Crippen LogP contribution < -0.4 is 5.26 Å². The fraction of sp³-hybridized carbons (Fsp3) is 0.867. The van der Waals surface area contributed by atoms with Crippen molar-refractivity contribution in [2.24, 2.45) is 40.4 Å². The molecule has 5 fully saturated rings. The molecule has 16 nitrogen and oxygen atoms in total. The first-order chi connectivity index (χ1) is 22.5. The van der Waals surface area contributed by atoms with Gasteiger partial charge in [0.05, 0.1) is 24.7 Å². The Morgan fingerprint density at radius 3 is 2.52 bits per heavy atom. The molecule has 0 aromatic carbocycles. The molecule has 13 atom stereocenters. The highest BCUT2D eigenvalue weighted by atomic mass is 32.3. The van der Waals surface area contributed by atoms with Gasteiger partial charge in [-0.15, -0.1) is 4.33 Å². The molecular formula is C30H45O16S2-. The maximum Gasteiger partial charge on any atom is 0.397 e. The third-order valence-electron chi connectivity index (χ3n) is 11.5. The van der Waals surface area contributed by atoms with E-state index in [2.05, 4.69) is 22.9 Å². The van der Waals surface area contributed by atoms with E-state index in [1.807, 2.05) is 0 Å². The molecule has 4 N–H and O–H groups in total. The van der Waals surface area contributed by atoms with Crippen molar-refractivity contribution < 1.29 is 75.1 Å².